The molecule has 3 heteroatoms. The third-order valence-electron chi connectivity index (χ3n) is 4.89. The number of aryl methyl sites for hydroxylation is 1. The van der Waals surface area contributed by atoms with E-state index in [1.54, 1.807) is 0 Å². The highest BCUT2D eigenvalue weighted by atomic mass is 16.2. The topological polar surface area (TPSA) is 41.1 Å². The number of anilines is 1. The quantitative estimate of drug-likeness (QED) is 0.856. The van der Waals surface area contributed by atoms with Crippen LogP contribution in [0, 0.1) is 25.7 Å². The molecule has 0 radical (unpaired) electrons. The number of hydrogen-bond acceptors (Lipinski definition) is 2. The Kier molecular flexibility index (Phi) is 3.31. The third-order valence-corrected chi connectivity index (χ3v) is 4.89. The van der Waals surface area contributed by atoms with E-state index in [-0.39, 0.29) is 11.9 Å². The van der Waals surface area contributed by atoms with Crippen molar-refractivity contribution in [3.63, 3.8) is 0 Å². The van der Waals surface area contributed by atoms with Gasteiger partial charge in [-0.1, -0.05) is 18.6 Å². The zero-order chi connectivity index (χ0) is 13.4. The molecule has 2 fully saturated rings. The standard InChI is InChI=1S/C16H22N2O/c1-10-5-3-8-14(11(10)2)18-16(19)15-13-7-4-6-12(13)9-17-15/h3,5,8,12-13,15,17H,4,6-7,9H2,1-2H3,(H,18,19). The lowest BCUT2D eigenvalue weighted by molar-refractivity contribution is -0.118. The minimum atomic E-state index is 0.00686. The fraction of sp³-hybridized carbons (Fsp3) is 0.562. The van der Waals surface area contributed by atoms with Crippen LogP contribution in [0.4, 0.5) is 5.69 Å². The Labute approximate surface area is 114 Å². The van der Waals surface area contributed by atoms with Gasteiger partial charge in [0.05, 0.1) is 6.04 Å². The highest BCUT2D eigenvalue weighted by Crippen LogP contribution is 2.38. The first-order valence-corrected chi connectivity index (χ1v) is 7.27. The molecule has 1 aliphatic carbocycles. The predicted molar refractivity (Wildman–Crippen MR) is 77.2 cm³/mol. The largest absolute Gasteiger partial charge is 0.324 e. The van der Waals surface area contributed by atoms with Gasteiger partial charge in [0.1, 0.15) is 0 Å². The number of amides is 1. The Morgan fingerprint density at radius 2 is 2.16 bits per heavy atom. The lowest BCUT2D eigenvalue weighted by Gasteiger charge is -2.19. The summed E-state index contributed by atoms with van der Waals surface area (Å²) in [6, 6.07) is 6.07. The van der Waals surface area contributed by atoms with Gasteiger partial charge in [0.25, 0.3) is 0 Å². The van der Waals surface area contributed by atoms with Crippen LogP contribution in [0.3, 0.4) is 0 Å². The normalized spacial score (nSPS) is 29.3. The molecule has 1 heterocycles. The molecule has 102 valence electrons. The monoisotopic (exact) mass is 258 g/mol. The molecule has 3 unspecified atom stereocenters. The summed E-state index contributed by atoms with van der Waals surface area (Å²) in [7, 11) is 0. The molecule has 0 spiro atoms. The molecule has 1 aromatic carbocycles. The van der Waals surface area contributed by atoms with Gasteiger partial charge in [-0.15, -0.1) is 0 Å². The minimum Gasteiger partial charge on any atom is -0.324 e. The maximum absolute atomic E-state index is 12.4. The minimum absolute atomic E-state index is 0.00686. The van der Waals surface area contributed by atoms with Gasteiger partial charge in [-0.05, 0) is 62.3 Å². The molecule has 3 nitrogen and oxygen atoms in total. The first-order chi connectivity index (χ1) is 9.16. The van der Waals surface area contributed by atoms with E-state index in [0.29, 0.717) is 11.8 Å². The lowest BCUT2D eigenvalue weighted by atomic mass is 9.93. The van der Waals surface area contributed by atoms with Crippen molar-refractivity contribution < 1.29 is 4.79 Å². The number of carbonyl (C=O) groups excluding carboxylic acids is 1. The molecule has 3 atom stereocenters. The highest BCUT2D eigenvalue weighted by molar-refractivity contribution is 5.96. The molecular weight excluding hydrogens is 236 g/mol. The van der Waals surface area contributed by atoms with Crippen molar-refractivity contribution in [2.24, 2.45) is 11.8 Å². The van der Waals surface area contributed by atoms with E-state index in [9.17, 15) is 4.79 Å². The molecule has 1 saturated heterocycles. The van der Waals surface area contributed by atoms with Gasteiger partial charge in [0.15, 0.2) is 0 Å². The maximum atomic E-state index is 12.4. The zero-order valence-corrected chi connectivity index (χ0v) is 11.7. The van der Waals surface area contributed by atoms with Gasteiger partial charge >= 0.3 is 0 Å². The second-order valence-corrected chi connectivity index (χ2v) is 5.98. The van der Waals surface area contributed by atoms with E-state index in [4.69, 9.17) is 0 Å². The average Bonchev–Trinajstić information content (AvgIpc) is 2.96. The summed E-state index contributed by atoms with van der Waals surface area (Å²) < 4.78 is 0. The van der Waals surface area contributed by atoms with Gasteiger partial charge in [-0.3, -0.25) is 4.79 Å². The van der Waals surface area contributed by atoms with Gasteiger partial charge in [0.2, 0.25) is 5.91 Å². The van der Waals surface area contributed by atoms with Gasteiger partial charge in [-0.2, -0.15) is 0 Å². The number of carbonyl (C=O) groups is 1. The SMILES string of the molecule is Cc1cccc(NC(=O)C2NCC3CCCC32)c1C. The Morgan fingerprint density at radius 3 is 3.00 bits per heavy atom. The van der Waals surface area contributed by atoms with Crippen LogP contribution in [0.5, 0.6) is 0 Å². The molecule has 3 rings (SSSR count). The summed E-state index contributed by atoms with van der Waals surface area (Å²) in [4.78, 5) is 12.4. The lowest BCUT2D eigenvalue weighted by Crippen LogP contribution is -2.39. The molecule has 0 bridgehead atoms. The molecule has 0 aromatic heterocycles. The highest BCUT2D eigenvalue weighted by Gasteiger charge is 2.42. The fourth-order valence-corrected chi connectivity index (χ4v) is 3.57. The van der Waals surface area contributed by atoms with Crippen molar-refractivity contribution >= 4 is 11.6 Å². The Bertz CT molecular complexity index is 498. The first-order valence-electron chi connectivity index (χ1n) is 7.27. The van der Waals surface area contributed by atoms with Crippen LogP contribution in [0.25, 0.3) is 0 Å². The smallest absolute Gasteiger partial charge is 0.241 e. The zero-order valence-electron chi connectivity index (χ0n) is 11.7. The van der Waals surface area contributed by atoms with Gasteiger partial charge < -0.3 is 10.6 Å². The van der Waals surface area contributed by atoms with E-state index in [0.717, 1.165) is 17.8 Å². The molecule has 1 aliphatic heterocycles. The van der Waals surface area contributed by atoms with E-state index >= 15 is 0 Å². The number of nitrogens with one attached hydrogen (secondary N) is 2. The van der Waals surface area contributed by atoms with Gasteiger partial charge in [0, 0.05) is 5.69 Å². The van der Waals surface area contributed by atoms with Crippen molar-refractivity contribution in [2.45, 2.75) is 39.2 Å². The van der Waals surface area contributed by atoms with Crippen LogP contribution >= 0.6 is 0 Å². The van der Waals surface area contributed by atoms with Gasteiger partial charge in [-0.25, -0.2) is 0 Å². The molecule has 1 amide bonds. The number of benzene rings is 1. The van der Waals surface area contributed by atoms with Crippen LogP contribution in [-0.2, 0) is 4.79 Å². The van der Waals surface area contributed by atoms with E-state index in [1.807, 2.05) is 12.1 Å². The predicted octanol–water partition coefficient (Wildman–Crippen LogP) is 2.63. The van der Waals surface area contributed by atoms with Crippen LogP contribution < -0.4 is 10.6 Å². The Hall–Kier alpha value is -1.35. The molecule has 2 N–H and O–H groups in total. The van der Waals surface area contributed by atoms with Crippen LogP contribution in [0.1, 0.15) is 30.4 Å². The fourth-order valence-electron chi connectivity index (χ4n) is 3.57. The summed E-state index contributed by atoms with van der Waals surface area (Å²) in [5, 5.41) is 6.50. The van der Waals surface area contributed by atoms with E-state index in [1.165, 1.54) is 24.8 Å². The summed E-state index contributed by atoms with van der Waals surface area (Å²) in [6.45, 7) is 5.15. The van der Waals surface area contributed by atoms with E-state index in [2.05, 4.69) is 30.5 Å². The van der Waals surface area contributed by atoms with Crippen molar-refractivity contribution in [1.29, 1.82) is 0 Å². The molecule has 1 saturated carbocycles. The molecule has 19 heavy (non-hydrogen) atoms. The second kappa shape index (κ2) is 4.97. The van der Waals surface area contributed by atoms with E-state index < -0.39 is 0 Å². The maximum Gasteiger partial charge on any atom is 0.241 e. The number of rotatable bonds is 2. The van der Waals surface area contributed by atoms with Crippen LogP contribution in [0.2, 0.25) is 0 Å². The number of hydrogen-bond donors (Lipinski definition) is 2. The summed E-state index contributed by atoms with van der Waals surface area (Å²) in [5.41, 5.74) is 3.33. The Balaban J connectivity index is 1.73. The van der Waals surface area contributed by atoms with Crippen molar-refractivity contribution in [2.75, 3.05) is 11.9 Å². The molecule has 1 aromatic rings. The molecule has 2 aliphatic rings. The number of fused-ring (bicyclic) bond motifs is 1. The second-order valence-electron chi connectivity index (χ2n) is 5.98. The summed E-state index contributed by atoms with van der Waals surface area (Å²) in [6.07, 6.45) is 3.76. The third kappa shape index (κ3) is 2.27. The van der Waals surface area contributed by atoms with Crippen LogP contribution in [0.15, 0.2) is 18.2 Å². The van der Waals surface area contributed by atoms with Crippen molar-refractivity contribution in [1.82, 2.24) is 5.32 Å². The van der Waals surface area contributed by atoms with Crippen LogP contribution in [-0.4, -0.2) is 18.5 Å². The Morgan fingerprint density at radius 1 is 1.32 bits per heavy atom. The average molecular weight is 258 g/mol. The van der Waals surface area contributed by atoms with Crippen molar-refractivity contribution in [3.8, 4) is 0 Å². The molecular formula is C16H22N2O. The summed E-state index contributed by atoms with van der Waals surface area (Å²) >= 11 is 0. The van der Waals surface area contributed by atoms with Crippen molar-refractivity contribution in [3.05, 3.63) is 29.3 Å². The first kappa shape index (κ1) is 12.7. The summed E-state index contributed by atoms with van der Waals surface area (Å²) in [5.74, 6) is 1.41.